The fourth-order valence-corrected chi connectivity index (χ4v) is 5.45. The first-order valence-electron chi connectivity index (χ1n) is 14.8. The average Bonchev–Trinajstić information content (AvgIpc) is 3.49. The second-order valence-corrected chi connectivity index (χ2v) is 13.4. The zero-order chi connectivity index (χ0) is 31.4. The number of alkyl carbamates (subject to hydrolysis) is 1. The smallest absolute Gasteiger partial charge is 0.444 e. The van der Waals surface area contributed by atoms with Crippen molar-refractivity contribution >= 4 is 31.1 Å². The Bertz CT molecular complexity index is 1090. The van der Waals surface area contributed by atoms with Gasteiger partial charge in [-0.25, -0.2) is 9.59 Å². The van der Waals surface area contributed by atoms with Gasteiger partial charge >= 0.3 is 19.3 Å². The molecule has 13 heteroatoms. The number of rotatable bonds is 8. The molecule has 0 radical (unpaired) electrons. The van der Waals surface area contributed by atoms with Crippen LogP contribution >= 0.6 is 0 Å². The molecule has 3 aliphatic rings. The second-order valence-electron chi connectivity index (χ2n) is 13.4. The third kappa shape index (κ3) is 8.73. The minimum atomic E-state index is -1.79. The quantitative estimate of drug-likeness (QED) is 0.314. The summed E-state index contributed by atoms with van der Waals surface area (Å²) in [4.78, 5) is 56.2. The van der Waals surface area contributed by atoms with E-state index in [-0.39, 0.29) is 13.0 Å². The lowest BCUT2D eigenvalue weighted by atomic mass is 9.76. The van der Waals surface area contributed by atoms with Gasteiger partial charge in [0.1, 0.15) is 23.8 Å². The highest BCUT2D eigenvalue weighted by Gasteiger charge is 2.47. The van der Waals surface area contributed by atoms with Crippen molar-refractivity contribution in [1.82, 2.24) is 20.4 Å². The predicted molar refractivity (Wildman–Crippen MR) is 157 cm³/mol. The summed E-state index contributed by atoms with van der Waals surface area (Å²) >= 11 is 0. The van der Waals surface area contributed by atoms with Crippen LogP contribution in [-0.4, -0.2) is 100 Å². The number of allylic oxidation sites excluding steroid dienone is 1. The molecule has 0 unspecified atom stereocenters. The summed E-state index contributed by atoms with van der Waals surface area (Å²) in [7, 11) is -1.79. The van der Waals surface area contributed by atoms with Gasteiger partial charge in [-0.15, -0.1) is 0 Å². The van der Waals surface area contributed by atoms with Crippen molar-refractivity contribution in [2.45, 2.75) is 110 Å². The summed E-state index contributed by atoms with van der Waals surface area (Å²) in [5, 5.41) is 24.9. The van der Waals surface area contributed by atoms with E-state index in [0.717, 1.165) is 18.4 Å². The monoisotopic (exact) mass is 590 g/mol. The number of carbonyl (C=O) groups is 4. The van der Waals surface area contributed by atoms with Crippen molar-refractivity contribution in [3.8, 4) is 0 Å². The van der Waals surface area contributed by atoms with E-state index in [1.54, 1.807) is 46.4 Å². The molecule has 0 saturated carbocycles. The number of likely N-dealkylation sites (tertiary alicyclic amines) is 1. The third-order valence-corrected chi connectivity index (χ3v) is 7.56. The predicted octanol–water partition coefficient (Wildman–Crippen LogP) is 2.29. The summed E-state index contributed by atoms with van der Waals surface area (Å²) in [6.07, 6.45) is 4.81. The first-order valence-corrected chi connectivity index (χ1v) is 14.8. The first-order chi connectivity index (χ1) is 19.5. The van der Waals surface area contributed by atoms with Gasteiger partial charge in [0.2, 0.25) is 11.8 Å². The van der Waals surface area contributed by atoms with Crippen LogP contribution in [0.3, 0.4) is 0 Å². The van der Waals surface area contributed by atoms with Crippen LogP contribution in [0.15, 0.2) is 23.3 Å². The van der Waals surface area contributed by atoms with E-state index in [9.17, 15) is 29.2 Å². The van der Waals surface area contributed by atoms with Gasteiger partial charge in [0.15, 0.2) is 0 Å². The van der Waals surface area contributed by atoms with Crippen LogP contribution in [-0.2, 0) is 19.1 Å². The maximum absolute atomic E-state index is 14.0. The molecule has 4 amide bonds. The number of nitrogens with one attached hydrogen (secondary N) is 2. The fourth-order valence-electron chi connectivity index (χ4n) is 5.45. The number of carbonyl (C=O) groups excluding carboxylic acids is 4. The lowest BCUT2D eigenvalue weighted by molar-refractivity contribution is -0.142. The Balaban J connectivity index is 1.81. The molecule has 3 rings (SSSR count). The Hall–Kier alpha value is -3.06. The summed E-state index contributed by atoms with van der Waals surface area (Å²) in [5.74, 6) is -2.07. The molecule has 4 N–H and O–H groups in total. The van der Waals surface area contributed by atoms with Gasteiger partial charge in [0.05, 0.1) is 12.5 Å². The van der Waals surface area contributed by atoms with Crippen LogP contribution in [0, 0.1) is 5.41 Å². The lowest BCUT2D eigenvalue weighted by Gasteiger charge is -2.36. The maximum atomic E-state index is 14.0. The van der Waals surface area contributed by atoms with Crippen LogP contribution in [0.2, 0.25) is 0 Å². The van der Waals surface area contributed by atoms with Crippen LogP contribution < -0.4 is 10.6 Å². The standard InChI is InChI=1S/C29H47BN4O8/c1-8-11-22(30(39)40)31-24(35)21-14-20(41-27(38)33-15-18-12-9-10-13-19(18)16-33)17-34(21)25(36)23(28(2,3)4)32-26(37)42-29(5,6)7/h9,12,20-23,39-40H,8,10-11,13-17H2,1-7H3,(H,31,35)(H,32,37)/t20-,21+,22+,23-/m1/s1. The van der Waals surface area contributed by atoms with Gasteiger partial charge < -0.3 is 35.1 Å². The van der Waals surface area contributed by atoms with Crippen molar-refractivity contribution < 1.29 is 38.7 Å². The molecule has 1 aliphatic carbocycles. The van der Waals surface area contributed by atoms with Crippen molar-refractivity contribution in [3.63, 3.8) is 0 Å². The highest BCUT2D eigenvalue weighted by Crippen LogP contribution is 2.30. The molecule has 0 aromatic heterocycles. The van der Waals surface area contributed by atoms with Crippen LogP contribution in [0.1, 0.15) is 80.6 Å². The Kier molecular flexibility index (Phi) is 10.7. The fraction of sp³-hybridized carbons (Fsp3) is 0.724. The molecular formula is C29H47BN4O8. The molecule has 42 heavy (non-hydrogen) atoms. The largest absolute Gasteiger partial charge is 0.475 e. The molecule has 0 aromatic rings. The number of nitrogens with zero attached hydrogens (tertiary/aromatic N) is 2. The second kappa shape index (κ2) is 13.5. The van der Waals surface area contributed by atoms with Crippen molar-refractivity contribution in [3.05, 3.63) is 23.3 Å². The molecular weight excluding hydrogens is 543 g/mol. The minimum Gasteiger partial charge on any atom is -0.444 e. The molecule has 234 valence electrons. The first kappa shape index (κ1) is 33.4. The van der Waals surface area contributed by atoms with Gasteiger partial charge in [-0.2, -0.15) is 0 Å². The topological polar surface area (TPSA) is 158 Å². The Morgan fingerprint density at radius 2 is 1.79 bits per heavy atom. The zero-order valence-electron chi connectivity index (χ0n) is 25.9. The molecule has 4 atom stereocenters. The van der Waals surface area contributed by atoms with Crippen molar-refractivity contribution in [2.75, 3.05) is 19.6 Å². The Labute approximate surface area is 249 Å². The van der Waals surface area contributed by atoms with Crippen molar-refractivity contribution in [2.24, 2.45) is 5.41 Å². The summed E-state index contributed by atoms with van der Waals surface area (Å²) < 4.78 is 11.2. The highest BCUT2D eigenvalue weighted by atomic mass is 16.6. The van der Waals surface area contributed by atoms with E-state index in [0.29, 0.717) is 25.9 Å². The summed E-state index contributed by atoms with van der Waals surface area (Å²) in [6.45, 7) is 13.2. The van der Waals surface area contributed by atoms with E-state index >= 15 is 0 Å². The number of ether oxygens (including phenoxy) is 2. The maximum Gasteiger partial charge on any atom is 0.475 e. The molecule has 12 nitrogen and oxygen atoms in total. The van der Waals surface area contributed by atoms with E-state index in [1.165, 1.54) is 10.5 Å². The van der Waals surface area contributed by atoms with Crippen LogP contribution in [0.4, 0.5) is 9.59 Å². The molecule has 2 aliphatic heterocycles. The van der Waals surface area contributed by atoms with Gasteiger partial charge in [0.25, 0.3) is 0 Å². The van der Waals surface area contributed by atoms with Gasteiger partial charge in [-0.05, 0) is 56.6 Å². The number of hydrogen-bond acceptors (Lipinski definition) is 8. The molecule has 1 saturated heterocycles. The summed E-state index contributed by atoms with van der Waals surface area (Å²) in [5.41, 5.74) is 0.776. The van der Waals surface area contributed by atoms with E-state index < -0.39 is 66.3 Å². The molecule has 0 spiro atoms. The molecule has 0 bridgehead atoms. The zero-order valence-corrected chi connectivity index (χ0v) is 25.9. The Morgan fingerprint density at radius 1 is 1.10 bits per heavy atom. The minimum absolute atomic E-state index is 0.0217. The number of hydrogen-bond donors (Lipinski definition) is 4. The van der Waals surface area contributed by atoms with Crippen molar-refractivity contribution in [1.29, 1.82) is 0 Å². The van der Waals surface area contributed by atoms with E-state index in [1.807, 2.05) is 13.0 Å². The van der Waals surface area contributed by atoms with E-state index in [2.05, 4.69) is 16.7 Å². The van der Waals surface area contributed by atoms with Crippen LogP contribution in [0.25, 0.3) is 0 Å². The Morgan fingerprint density at radius 3 is 2.36 bits per heavy atom. The van der Waals surface area contributed by atoms with Gasteiger partial charge in [-0.1, -0.05) is 46.3 Å². The normalized spacial score (nSPS) is 21.9. The van der Waals surface area contributed by atoms with Gasteiger partial charge in [-0.3, -0.25) is 14.5 Å². The molecule has 1 fully saturated rings. The van der Waals surface area contributed by atoms with E-state index in [4.69, 9.17) is 9.47 Å². The molecule has 0 aromatic carbocycles. The SMILES string of the molecule is CCC[C@H](NC(=O)[C@@H]1C[C@@H](OC(=O)N2CC3=C(CCC=C3)C2)CN1C(=O)[C@@H](NC(=O)OC(C)(C)C)C(C)(C)C)B(O)O. The number of amides is 4. The lowest BCUT2D eigenvalue weighted by Crippen LogP contribution is -2.59. The van der Waals surface area contributed by atoms with Gasteiger partial charge in [0, 0.05) is 19.5 Å². The third-order valence-electron chi connectivity index (χ3n) is 7.56. The average molecular weight is 591 g/mol. The highest BCUT2D eigenvalue weighted by molar-refractivity contribution is 6.43. The summed E-state index contributed by atoms with van der Waals surface area (Å²) in [6, 6.07) is -2.13. The molecule has 2 heterocycles. The van der Waals surface area contributed by atoms with Crippen LogP contribution in [0.5, 0.6) is 0 Å².